The SMILES string of the molecule is CCOc1ccccc1/C=N/NC(=O)c1ccc(C)c([N+](=O)[O-])c1. The zero-order valence-corrected chi connectivity index (χ0v) is 13.4. The second kappa shape index (κ2) is 7.87. The van der Waals surface area contributed by atoms with Crippen molar-refractivity contribution in [3.05, 3.63) is 69.3 Å². The highest BCUT2D eigenvalue weighted by molar-refractivity contribution is 5.95. The summed E-state index contributed by atoms with van der Waals surface area (Å²) in [5, 5.41) is 14.8. The monoisotopic (exact) mass is 327 g/mol. The fraction of sp³-hybridized carbons (Fsp3) is 0.176. The molecule has 0 radical (unpaired) electrons. The van der Waals surface area contributed by atoms with Gasteiger partial charge in [-0.05, 0) is 32.0 Å². The van der Waals surface area contributed by atoms with Crippen LogP contribution in [0.25, 0.3) is 0 Å². The average molecular weight is 327 g/mol. The van der Waals surface area contributed by atoms with E-state index in [1.165, 1.54) is 24.4 Å². The van der Waals surface area contributed by atoms with E-state index < -0.39 is 10.8 Å². The van der Waals surface area contributed by atoms with Gasteiger partial charge in [0.05, 0.1) is 17.7 Å². The second-order valence-corrected chi connectivity index (χ2v) is 4.93. The normalized spacial score (nSPS) is 10.6. The largest absolute Gasteiger partial charge is 0.493 e. The van der Waals surface area contributed by atoms with Gasteiger partial charge in [0.15, 0.2) is 0 Å². The second-order valence-electron chi connectivity index (χ2n) is 4.93. The lowest BCUT2D eigenvalue weighted by atomic mass is 10.1. The molecule has 1 N–H and O–H groups in total. The van der Waals surface area contributed by atoms with Gasteiger partial charge in [-0.2, -0.15) is 5.10 Å². The molecular formula is C17H17N3O4. The lowest BCUT2D eigenvalue weighted by Crippen LogP contribution is -2.18. The van der Waals surface area contributed by atoms with Crippen molar-refractivity contribution < 1.29 is 14.5 Å². The summed E-state index contributed by atoms with van der Waals surface area (Å²) in [7, 11) is 0. The molecule has 0 aliphatic rings. The predicted molar refractivity (Wildman–Crippen MR) is 90.5 cm³/mol. The van der Waals surface area contributed by atoms with E-state index in [1.54, 1.807) is 19.1 Å². The summed E-state index contributed by atoms with van der Waals surface area (Å²) in [6.07, 6.45) is 1.46. The van der Waals surface area contributed by atoms with Crippen LogP contribution in [0.4, 0.5) is 5.69 Å². The molecule has 0 saturated carbocycles. The number of nitrogens with zero attached hydrogens (tertiary/aromatic N) is 2. The Bertz CT molecular complexity index is 787. The van der Waals surface area contributed by atoms with Crippen molar-refractivity contribution in [3.63, 3.8) is 0 Å². The number of carbonyl (C=O) groups is 1. The quantitative estimate of drug-likeness (QED) is 0.501. The number of amides is 1. The molecule has 2 aromatic rings. The lowest BCUT2D eigenvalue weighted by Gasteiger charge is -2.06. The van der Waals surface area contributed by atoms with Crippen LogP contribution in [0.15, 0.2) is 47.6 Å². The van der Waals surface area contributed by atoms with E-state index in [0.717, 1.165) is 5.56 Å². The molecule has 0 spiro atoms. The van der Waals surface area contributed by atoms with Crippen LogP contribution < -0.4 is 10.2 Å². The Hall–Kier alpha value is -3.22. The molecule has 0 atom stereocenters. The highest BCUT2D eigenvalue weighted by Gasteiger charge is 2.14. The molecule has 7 heteroatoms. The number of hydrazone groups is 1. The summed E-state index contributed by atoms with van der Waals surface area (Å²) in [6, 6.07) is 11.5. The first kappa shape index (κ1) is 17.1. The zero-order valence-electron chi connectivity index (χ0n) is 13.4. The molecule has 2 rings (SSSR count). The summed E-state index contributed by atoms with van der Waals surface area (Å²) in [4.78, 5) is 22.5. The lowest BCUT2D eigenvalue weighted by molar-refractivity contribution is -0.385. The van der Waals surface area contributed by atoms with Gasteiger partial charge >= 0.3 is 0 Å². The van der Waals surface area contributed by atoms with Gasteiger partial charge in [0.2, 0.25) is 0 Å². The Balaban J connectivity index is 2.11. The van der Waals surface area contributed by atoms with Crippen molar-refractivity contribution in [3.8, 4) is 5.75 Å². The minimum absolute atomic E-state index is 0.103. The van der Waals surface area contributed by atoms with Crippen LogP contribution in [-0.4, -0.2) is 23.7 Å². The highest BCUT2D eigenvalue weighted by Crippen LogP contribution is 2.19. The van der Waals surface area contributed by atoms with Crippen LogP contribution in [0.5, 0.6) is 5.75 Å². The number of aryl methyl sites for hydroxylation is 1. The molecule has 0 aliphatic carbocycles. The van der Waals surface area contributed by atoms with Gasteiger partial charge in [-0.15, -0.1) is 0 Å². The molecule has 0 saturated heterocycles. The summed E-state index contributed by atoms with van der Waals surface area (Å²) < 4.78 is 5.46. The molecular weight excluding hydrogens is 310 g/mol. The van der Waals surface area contributed by atoms with E-state index in [9.17, 15) is 14.9 Å². The molecule has 24 heavy (non-hydrogen) atoms. The summed E-state index contributed by atoms with van der Waals surface area (Å²) in [5.41, 5.74) is 3.63. The predicted octanol–water partition coefficient (Wildman–Crippen LogP) is 3.07. The molecule has 2 aromatic carbocycles. The van der Waals surface area contributed by atoms with Crippen LogP contribution in [-0.2, 0) is 0 Å². The first-order valence-electron chi connectivity index (χ1n) is 7.33. The summed E-state index contributed by atoms with van der Waals surface area (Å²) in [6.45, 7) is 4.01. The maximum absolute atomic E-state index is 12.1. The maximum atomic E-state index is 12.1. The summed E-state index contributed by atoms with van der Waals surface area (Å²) in [5.74, 6) is 0.132. The van der Waals surface area contributed by atoms with Crippen LogP contribution in [0, 0.1) is 17.0 Å². The third kappa shape index (κ3) is 4.16. The van der Waals surface area contributed by atoms with Crippen LogP contribution >= 0.6 is 0 Å². The third-order valence-electron chi connectivity index (χ3n) is 3.26. The van der Waals surface area contributed by atoms with E-state index in [1.807, 2.05) is 19.1 Å². The first-order chi connectivity index (χ1) is 11.5. The molecule has 0 unspecified atom stereocenters. The number of nitro groups is 1. The minimum Gasteiger partial charge on any atom is -0.493 e. The van der Waals surface area contributed by atoms with Crippen molar-refractivity contribution in [2.75, 3.05) is 6.61 Å². The first-order valence-corrected chi connectivity index (χ1v) is 7.33. The fourth-order valence-electron chi connectivity index (χ4n) is 2.05. The molecule has 0 bridgehead atoms. The summed E-state index contributed by atoms with van der Waals surface area (Å²) >= 11 is 0. The molecule has 0 heterocycles. The Labute approximate surface area is 139 Å². The molecule has 124 valence electrons. The fourth-order valence-corrected chi connectivity index (χ4v) is 2.05. The third-order valence-corrected chi connectivity index (χ3v) is 3.26. The van der Waals surface area contributed by atoms with E-state index >= 15 is 0 Å². The van der Waals surface area contributed by atoms with Crippen molar-refractivity contribution >= 4 is 17.8 Å². The van der Waals surface area contributed by atoms with Gasteiger partial charge in [0.1, 0.15) is 5.75 Å². The minimum atomic E-state index is -0.525. The standard InChI is InChI=1S/C17H17N3O4/c1-3-24-16-7-5-4-6-14(16)11-18-19-17(21)13-9-8-12(2)15(10-13)20(22)23/h4-11H,3H2,1-2H3,(H,19,21)/b18-11+. The number of nitro benzene ring substituents is 1. The number of rotatable bonds is 6. The highest BCUT2D eigenvalue weighted by atomic mass is 16.6. The van der Waals surface area contributed by atoms with Crippen LogP contribution in [0.1, 0.15) is 28.4 Å². The van der Waals surface area contributed by atoms with Gasteiger partial charge in [0.25, 0.3) is 11.6 Å². The topological polar surface area (TPSA) is 93.8 Å². The number of nitrogens with one attached hydrogen (secondary N) is 1. The van der Waals surface area contributed by atoms with Crippen molar-refractivity contribution in [1.29, 1.82) is 0 Å². The number of hydrogen-bond donors (Lipinski definition) is 1. The van der Waals surface area contributed by atoms with Crippen molar-refractivity contribution in [2.45, 2.75) is 13.8 Å². The Morgan fingerprint density at radius 2 is 2.08 bits per heavy atom. The number of para-hydroxylation sites is 1. The van der Waals surface area contributed by atoms with Gasteiger partial charge in [-0.3, -0.25) is 14.9 Å². The molecule has 0 aromatic heterocycles. The molecule has 0 fully saturated rings. The van der Waals surface area contributed by atoms with E-state index in [0.29, 0.717) is 17.9 Å². The van der Waals surface area contributed by atoms with Gasteiger partial charge in [0, 0.05) is 22.8 Å². The van der Waals surface area contributed by atoms with E-state index in [-0.39, 0.29) is 11.3 Å². The van der Waals surface area contributed by atoms with E-state index in [2.05, 4.69) is 10.5 Å². The van der Waals surface area contributed by atoms with Gasteiger partial charge in [-0.1, -0.05) is 18.2 Å². The van der Waals surface area contributed by atoms with Crippen molar-refractivity contribution in [2.24, 2.45) is 5.10 Å². The average Bonchev–Trinajstić information content (AvgIpc) is 2.56. The van der Waals surface area contributed by atoms with Crippen LogP contribution in [0.2, 0.25) is 0 Å². The Morgan fingerprint density at radius 3 is 2.79 bits per heavy atom. The maximum Gasteiger partial charge on any atom is 0.273 e. The number of hydrogen-bond acceptors (Lipinski definition) is 5. The van der Waals surface area contributed by atoms with Crippen LogP contribution in [0.3, 0.4) is 0 Å². The van der Waals surface area contributed by atoms with E-state index in [4.69, 9.17) is 4.74 Å². The number of ether oxygens (including phenoxy) is 1. The number of carbonyl (C=O) groups excluding carboxylic acids is 1. The Kier molecular flexibility index (Phi) is 5.62. The van der Waals surface area contributed by atoms with Gasteiger partial charge in [-0.25, -0.2) is 5.43 Å². The molecule has 1 amide bonds. The smallest absolute Gasteiger partial charge is 0.273 e. The zero-order chi connectivity index (χ0) is 17.5. The molecule has 7 nitrogen and oxygen atoms in total. The molecule has 0 aliphatic heterocycles. The Morgan fingerprint density at radius 1 is 1.33 bits per heavy atom. The van der Waals surface area contributed by atoms with Gasteiger partial charge < -0.3 is 4.74 Å². The van der Waals surface area contributed by atoms with Crippen molar-refractivity contribution in [1.82, 2.24) is 5.43 Å². The number of benzene rings is 2.